The van der Waals surface area contributed by atoms with Gasteiger partial charge in [0.15, 0.2) is 0 Å². The van der Waals surface area contributed by atoms with Crippen LogP contribution in [0.4, 0.5) is 0 Å². The van der Waals surface area contributed by atoms with Crippen molar-refractivity contribution < 1.29 is 20.1 Å². The van der Waals surface area contributed by atoms with E-state index in [-0.39, 0.29) is 5.56 Å². The van der Waals surface area contributed by atoms with Crippen LogP contribution in [0.2, 0.25) is 0 Å². The van der Waals surface area contributed by atoms with E-state index in [0.29, 0.717) is 21.8 Å². The number of aliphatic hydroxyl groups excluding tert-OH is 2. The average Bonchev–Trinajstić information content (AvgIpc) is 2.28. The second-order valence-electron chi connectivity index (χ2n) is 3.53. The van der Waals surface area contributed by atoms with Crippen molar-refractivity contribution in [3.8, 4) is 0 Å². The van der Waals surface area contributed by atoms with Gasteiger partial charge >= 0.3 is 5.97 Å². The Hall–Kier alpha value is -0.430. The molecular weight excluding hydrogens is 356 g/mol. The van der Waals surface area contributed by atoms with Gasteiger partial charge in [-0.2, -0.15) is 0 Å². The van der Waals surface area contributed by atoms with Crippen molar-refractivity contribution in [3.63, 3.8) is 0 Å². The first kappa shape index (κ1) is 14.6. The Morgan fingerprint density at radius 3 is 2.53 bits per heavy atom. The van der Waals surface area contributed by atoms with Crippen LogP contribution in [0.5, 0.6) is 0 Å². The van der Waals surface area contributed by atoms with E-state index in [1.54, 1.807) is 12.1 Å². The Bertz CT molecular complexity index is 408. The van der Waals surface area contributed by atoms with Crippen LogP contribution in [0.15, 0.2) is 22.7 Å². The fourth-order valence-corrected chi connectivity index (χ4v) is 2.27. The van der Waals surface area contributed by atoms with Gasteiger partial charge in [0.2, 0.25) is 0 Å². The molecule has 0 saturated carbocycles. The highest BCUT2D eigenvalue weighted by molar-refractivity contribution is 9.10. The Morgan fingerprint density at radius 2 is 2.00 bits per heavy atom. The summed E-state index contributed by atoms with van der Waals surface area (Å²) in [5, 5.41) is 29.0. The summed E-state index contributed by atoms with van der Waals surface area (Å²) >= 11 is 6.28. The number of halogens is 2. The molecule has 1 aromatic rings. The highest BCUT2D eigenvalue weighted by Gasteiger charge is 2.19. The van der Waals surface area contributed by atoms with Crippen molar-refractivity contribution in [1.82, 2.24) is 0 Å². The quantitative estimate of drug-likeness (QED) is 0.698. The van der Waals surface area contributed by atoms with Gasteiger partial charge in [0, 0.05) is 9.80 Å². The third-order valence-electron chi connectivity index (χ3n) is 2.33. The molecule has 0 aliphatic heterocycles. The second kappa shape index (κ2) is 6.49. The van der Waals surface area contributed by atoms with Crippen LogP contribution in [0.25, 0.3) is 0 Å². The fraction of sp³-hybridized carbons (Fsp3) is 0.364. The monoisotopic (exact) mass is 366 g/mol. The number of aliphatic hydroxyl groups is 2. The number of carboxylic acid groups (broad SMARTS) is 1. The SMILES string of the molecule is O=C(O)c1cc(C(O)C(O)CCBr)ccc1Br. The number of hydrogen-bond donors (Lipinski definition) is 3. The summed E-state index contributed by atoms with van der Waals surface area (Å²) in [6, 6.07) is 4.48. The minimum absolute atomic E-state index is 0.0626. The maximum absolute atomic E-state index is 10.9. The van der Waals surface area contributed by atoms with Gasteiger partial charge in [-0.3, -0.25) is 0 Å². The third-order valence-corrected chi connectivity index (χ3v) is 3.48. The standard InChI is InChI=1S/C11H12Br2O4/c12-4-3-9(14)10(15)6-1-2-8(13)7(5-6)11(16)17/h1-2,5,9-10,14-15H,3-4H2,(H,16,17). The van der Waals surface area contributed by atoms with Gasteiger partial charge in [0.25, 0.3) is 0 Å². The first-order valence-electron chi connectivity index (χ1n) is 4.92. The van der Waals surface area contributed by atoms with Gasteiger partial charge < -0.3 is 15.3 Å². The van der Waals surface area contributed by atoms with Crippen molar-refractivity contribution in [2.24, 2.45) is 0 Å². The zero-order chi connectivity index (χ0) is 13.0. The average molecular weight is 368 g/mol. The number of carbonyl (C=O) groups is 1. The molecule has 1 rings (SSSR count). The van der Waals surface area contributed by atoms with Crippen molar-refractivity contribution in [1.29, 1.82) is 0 Å². The van der Waals surface area contributed by atoms with Crippen LogP contribution in [0.1, 0.15) is 28.4 Å². The molecule has 0 heterocycles. The van der Waals surface area contributed by atoms with Crippen molar-refractivity contribution in [3.05, 3.63) is 33.8 Å². The molecule has 0 bridgehead atoms. The summed E-state index contributed by atoms with van der Waals surface area (Å²) < 4.78 is 0.441. The number of hydrogen-bond acceptors (Lipinski definition) is 3. The van der Waals surface area contributed by atoms with Gasteiger partial charge in [-0.15, -0.1) is 0 Å². The molecule has 0 saturated heterocycles. The van der Waals surface area contributed by atoms with Gasteiger partial charge in [-0.25, -0.2) is 4.79 Å². The predicted octanol–water partition coefficient (Wildman–Crippen LogP) is 2.33. The molecule has 2 atom stereocenters. The third kappa shape index (κ3) is 3.77. The highest BCUT2D eigenvalue weighted by Crippen LogP contribution is 2.25. The van der Waals surface area contributed by atoms with E-state index in [4.69, 9.17) is 5.11 Å². The van der Waals surface area contributed by atoms with Crippen LogP contribution in [0, 0.1) is 0 Å². The van der Waals surface area contributed by atoms with Gasteiger partial charge in [0.05, 0.1) is 11.7 Å². The summed E-state index contributed by atoms with van der Waals surface area (Å²) in [6.07, 6.45) is -1.62. The molecule has 0 aliphatic rings. The summed E-state index contributed by atoms with van der Waals surface area (Å²) in [4.78, 5) is 10.9. The highest BCUT2D eigenvalue weighted by atomic mass is 79.9. The van der Waals surface area contributed by atoms with E-state index in [2.05, 4.69) is 31.9 Å². The minimum Gasteiger partial charge on any atom is -0.478 e. The second-order valence-corrected chi connectivity index (χ2v) is 5.18. The number of rotatable bonds is 5. The maximum Gasteiger partial charge on any atom is 0.336 e. The van der Waals surface area contributed by atoms with Crippen LogP contribution in [-0.4, -0.2) is 32.7 Å². The molecule has 3 N–H and O–H groups in total. The molecule has 4 nitrogen and oxygen atoms in total. The molecule has 0 amide bonds. The maximum atomic E-state index is 10.9. The van der Waals surface area contributed by atoms with Crippen LogP contribution in [-0.2, 0) is 0 Å². The molecule has 94 valence electrons. The van der Waals surface area contributed by atoms with Crippen molar-refractivity contribution >= 4 is 37.8 Å². The van der Waals surface area contributed by atoms with Gasteiger partial charge in [-0.05, 0) is 40.0 Å². The van der Waals surface area contributed by atoms with Gasteiger partial charge in [0.1, 0.15) is 6.10 Å². The van der Waals surface area contributed by atoms with E-state index >= 15 is 0 Å². The summed E-state index contributed by atoms with van der Waals surface area (Å²) in [6.45, 7) is 0. The normalized spacial score (nSPS) is 14.4. The Labute approximate surface area is 116 Å². The molecule has 0 radical (unpaired) electrons. The summed E-state index contributed by atoms with van der Waals surface area (Å²) in [5.74, 6) is -1.08. The first-order valence-corrected chi connectivity index (χ1v) is 6.83. The van der Waals surface area contributed by atoms with E-state index in [1.807, 2.05) is 0 Å². The topological polar surface area (TPSA) is 77.8 Å². The molecule has 6 heteroatoms. The van der Waals surface area contributed by atoms with E-state index in [0.717, 1.165) is 0 Å². The van der Waals surface area contributed by atoms with Gasteiger partial charge in [-0.1, -0.05) is 22.0 Å². The lowest BCUT2D eigenvalue weighted by Gasteiger charge is -2.17. The molecule has 2 unspecified atom stereocenters. The number of alkyl halides is 1. The summed E-state index contributed by atoms with van der Waals surface area (Å²) in [5.41, 5.74) is 0.451. The number of benzene rings is 1. The smallest absolute Gasteiger partial charge is 0.336 e. The lowest BCUT2D eigenvalue weighted by atomic mass is 10.0. The largest absolute Gasteiger partial charge is 0.478 e. The number of carboxylic acids is 1. The van der Waals surface area contributed by atoms with E-state index in [9.17, 15) is 15.0 Å². The predicted molar refractivity (Wildman–Crippen MR) is 70.5 cm³/mol. The van der Waals surface area contributed by atoms with E-state index in [1.165, 1.54) is 6.07 Å². The first-order chi connectivity index (χ1) is 7.97. The van der Waals surface area contributed by atoms with Crippen LogP contribution < -0.4 is 0 Å². The molecule has 1 aromatic carbocycles. The zero-order valence-corrected chi connectivity index (χ0v) is 12.0. The Morgan fingerprint density at radius 1 is 1.35 bits per heavy atom. The van der Waals surface area contributed by atoms with Crippen molar-refractivity contribution in [2.45, 2.75) is 18.6 Å². The van der Waals surface area contributed by atoms with Crippen LogP contribution >= 0.6 is 31.9 Å². The molecule has 0 aliphatic carbocycles. The Balaban J connectivity index is 2.99. The lowest BCUT2D eigenvalue weighted by molar-refractivity contribution is 0.0173. The molecule has 0 aromatic heterocycles. The molecular formula is C11H12Br2O4. The summed E-state index contributed by atoms with van der Waals surface area (Å²) in [7, 11) is 0. The zero-order valence-electron chi connectivity index (χ0n) is 8.81. The lowest BCUT2D eigenvalue weighted by Crippen LogP contribution is -2.19. The van der Waals surface area contributed by atoms with E-state index < -0.39 is 18.2 Å². The number of aromatic carboxylic acids is 1. The Kier molecular flexibility index (Phi) is 5.58. The molecule has 17 heavy (non-hydrogen) atoms. The van der Waals surface area contributed by atoms with Crippen LogP contribution in [0.3, 0.4) is 0 Å². The van der Waals surface area contributed by atoms with Crippen molar-refractivity contribution in [2.75, 3.05) is 5.33 Å². The molecule has 0 fully saturated rings. The molecule has 0 spiro atoms. The fourth-order valence-electron chi connectivity index (χ4n) is 1.38. The minimum atomic E-state index is -1.08.